The van der Waals surface area contributed by atoms with E-state index in [4.69, 9.17) is 5.26 Å². The molecule has 1 aromatic carbocycles. The Morgan fingerprint density at radius 3 is 2.73 bits per heavy atom. The summed E-state index contributed by atoms with van der Waals surface area (Å²) in [7, 11) is -3.03. The van der Waals surface area contributed by atoms with Gasteiger partial charge in [-0.15, -0.1) is 0 Å². The molecule has 0 bridgehead atoms. The van der Waals surface area contributed by atoms with Gasteiger partial charge in [-0.1, -0.05) is 24.3 Å². The molecule has 0 spiro atoms. The summed E-state index contributed by atoms with van der Waals surface area (Å²) in [6.07, 6.45) is 5.86. The lowest BCUT2D eigenvalue weighted by Gasteiger charge is -2.25. The molecule has 2 aromatic rings. The molecule has 0 aliphatic carbocycles. The molecule has 0 amide bonds. The number of nitrogens with zero attached hydrogens (tertiary/aromatic N) is 2. The number of sulfone groups is 1. The van der Waals surface area contributed by atoms with Crippen LogP contribution in [0.3, 0.4) is 0 Å². The minimum Gasteiger partial charge on any atom is -0.327 e. The number of aromatic amines is 1. The predicted octanol–water partition coefficient (Wildman–Crippen LogP) is 2.38. The number of carbonyl (C=O) groups is 1. The highest BCUT2D eigenvalue weighted by Crippen LogP contribution is 2.32. The van der Waals surface area contributed by atoms with Crippen LogP contribution in [-0.4, -0.2) is 48.8 Å². The van der Waals surface area contributed by atoms with E-state index in [0.29, 0.717) is 12.3 Å². The smallest absolute Gasteiger partial charge is 0.202 e. The summed E-state index contributed by atoms with van der Waals surface area (Å²) in [6.45, 7) is 1.97. The fraction of sp³-hybridized carbons (Fsp3) is 0.409. The second-order valence-corrected chi connectivity index (χ2v) is 10.1. The number of Topliss-reactive ketones (excluding diaryl/α,β-unsaturated/α-hetero) is 1. The minimum atomic E-state index is -3.03. The molecule has 1 fully saturated rings. The second kappa shape index (κ2) is 8.54. The van der Waals surface area contributed by atoms with Crippen molar-refractivity contribution in [3.8, 4) is 6.07 Å². The van der Waals surface area contributed by atoms with Crippen LogP contribution in [0.25, 0.3) is 5.57 Å². The number of piperidine rings is 1. The highest BCUT2D eigenvalue weighted by molar-refractivity contribution is 7.91. The van der Waals surface area contributed by atoms with Crippen molar-refractivity contribution in [3.05, 3.63) is 58.7 Å². The number of ketones is 1. The Morgan fingerprint density at radius 2 is 2.07 bits per heavy atom. The van der Waals surface area contributed by atoms with Gasteiger partial charge in [0.2, 0.25) is 5.78 Å². The summed E-state index contributed by atoms with van der Waals surface area (Å²) in [5.74, 6) is 0.604. The number of imidazole rings is 1. The molecular weight excluding hydrogens is 400 g/mol. The maximum Gasteiger partial charge on any atom is 0.202 e. The van der Waals surface area contributed by atoms with Gasteiger partial charge in [0, 0.05) is 6.42 Å². The van der Waals surface area contributed by atoms with E-state index in [1.165, 1.54) is 11.8 Å². The number of carbonyl (C=O) groups excluding carboxylic acids is 1. The summed E-state index contributed by atoms with van der Waals surface area (Å²) in [5.41, 5.74) is 4.29. The fourth-order valence-corrected chi connectivity index (χ4v) is 5.31. The lowest BCUT2D eigenvalue weighted by atomic mass is 9.85. The SMILES string of the molecule is N#Cc1cnc(C(=O)Cc2ccc(C3CCNCC3)cc2C2=CCS(=O)(=O)CC2)[nH]1. The minimum absolute atomic E-state index is 0.0387. The number of hydrogen-bond acceptors (Lipinski definition) is 6. The second-order valence-electron chi connectivity index (χ2n) is 7.89. The van der Waals surface area contributed by atoms with Crippen LogP contribution >= 0.6 is 0 Å². The summed E-state index contributed by atoms with van der Waals surface area (Å²) in [4.78, 5) is 19.5. The van der Waals surface area contributed by atoms with Crippen molar-refractivity contribution in [2.45, 2.75) is 31.6 Å². The van der Waals surface area contributed by atoms with E-state index in [1.54, 1.807) is 6.08 Å². The van der Waals surface area contributed by atoms with Crippen molar-refractivity contribution in [1.29, 1.82) is 5.26 Å². The molecule has 0 radical (unpaired) electrons. The number of nitriles is 1. The Bertz CT molecular complexity index is 1140. The monoisotopic (exact) mass is 424 g/mol. The van der Waals surface area contributed by atoms with E-state index in [9.17, 15) is 13.2 Å². The van der Waals surface area contributed by atoms with E-state index >= 15 is 0 Å². The van der Waals surface area contributed by atoms with Gasteiger partial charge < -0.3 is 10.3 Å². The number of allylic oxidation sites excluding steroid dienone is 1. The highest BCUT2D eigenvalue weighted by atomic mass is 32.2. The van der Waals surface area contributed by atoms with Crippen LogP contribution in [0.4, 0.5) is 0 Å². The molecule has 1 aromatic heterocycles. The van der Waals surface area contributed by atoms with E-state index in [1.807, 2.05) is 12.1 Å². The van der Waals surface area contributed by atoms with Crippen molar-refractivity contribution in [2.75, 3.05) is 24.6 Å². The Labute approximate surface area is 176 Å². The Kier molecular flexibility index (Phi) is 5.84. The van der Waals surface area contributed by atoms with Gasteiger partial charge in [0.1, 0.15) is 11.8 Å². The highest BCUT2D eigenvalue weighted by Gasteiger charge is 2.23. The zero-order valence-corrected chi connectivity index (χ0v) is 17.5. The maximum atomic E-state index is 12.7. The van der Waals surface area contributed by atoms with Crippen molar-refractivity contribution in [2.24, 2.45) is 0 Å². The van der Waals surface area contributed by atoms with Crippen molar-refractivity contribution < 1.29 is 13.2 Å². The van der Waals surface area contributed by atoms with Crippen molar-refractivity contribution in [3.63, 3.8) is 0 Å². The molecule has 0 unspecified atom stereocenters. The van der Waals surface area contributed by atoms with Gasteiger partial charge in [-0.3, -0.25) is 4.79 Å². The zero-order chi connectivity index (χ0) is 21.1. The number of rotatable bonds is 5. The topological polar surface area (TPSA) is 116 Å². The molecule has 7 nitrogen and oxygen atoms in total. The van der Waals surface area contributed by atoms with Gasteiger partial charge in [-0.25, -0.2) is 13.4 Å². The first kappa shape index (κ1) is 20.5. The Balaban J connectivity index is 1.67. The van der Waals surface area contributed by atoms with Crippen LogP contribution in [-0.2, 0) is 16.3 Å². The lowest BCUT2D eigenvalue weighted by molar-refractivity contribution is 0.0984. The van der Waals surface area contributed by atoms with E-state index in [2.05, 4.69) is 27.4 Å². The molecule has 4 rings (SSSR count). The number of hydrogen-bond donors (Lipinski definition) is 2. The largest absolute Gasteiger partial charge is 0.327 e. The van der Waals surface area contributed by atoms with E-state index in [-0.39, 0.29) is 35.2 Å². The average molecular weight is 425 g/mol. The summed E-state index contributed by atoms with van der Waals surface area (Å²) < 4.78 is 23.8. The molecule has 0 saturated carbocycles. The van der Waals surface area contributed by atoms with Crippen LogP contribution < -0.4 is 5.32 Å². The first-order chi connectivity index (χ1) is 14.4. The average Bonchev–Trinajstić information content (AvgIpc) is 3.24. The van der Waals surface area contributed by atoms with Crippen LogP contribution in [0.2, 0.25) is 0 Å². The molecular formula is C22H24N4O3S. The van der Waals surface area contributed by atoms with Crippen LogP contribution in [0.1, 0.15) is 58.2 Å². The number of H-pyrrole nitrogens is 1. The maximum absolute atomic E-state index is 12.7. The predicted molar refractivity (Wildman–Crippen MR) is 114 cm³/mol. The summed E-state index contributed by atoms with van der Waals surface area (Å²) >= 11 is 0. The van der Waals surface area contributed by atoms with E-state index in [0.717, 1.165) is 42.6 Å². The van der Waals surface area contributed by atoms with E-state index < -0.39 is 9.84 Å². The molecule has 2 aliphatic heterocycles. The quantitative estimate of drug-likeness (QED) is 0.712. The molecule has 2 N–H and O–H groups in total. The molecule has 156 valence electrons. The van der Waals surface area contributed by atoms with Crippen LogP contribution in [0.15, 0.2) is 30.5 Å². The third kappa shape index (κ3) is 4.53. The molecule has 1 saturated heterocycles. The van der Waals surface area contributed by atoms with Gasteiger partial charge in [0.05, 0.1) is 17.7 Å². The lowest BCUT2D eigenvalue weighted by Crippen LogP contribution is -2.26. The number of aromatic nitrogens is 2. The zero-order valence-electron chi connectivity index (χ0n) is 16.6. The Morgan fingerprint density at radius 1 is 1.27 bits per heavy atom. The molecule has 3 heterocycles. The van der Waals surface area contributed by atoms with Gasteiger partial charge in [-0.2, -0.15) is 5.26 Å². The fourth-order valence-electron chi connectivity index (χ4n) is 4.16. The van der Waals surface area contributed by atoms with Crippen LogP contribution in [0, 0.1) is 11.3 Å². The van der Waals surface area contributed by atoms with Crippen molar-refractivity contribution in [1.82, 2.24) is 15.3 Å². The number of nitrogens with one attached hydrogen (secondary N) is 2. The first-order valence-electron chi connectivity index (χ1n) is 10.2. The molecule has 8 heteroatoms. The molecule has 2 aliphatic rings. The van der Waals surface area contributed by atoms with Gasteiger partial charge in [-0.05, 0) is 60.5 Å². The third-order valence-electron chi connectivity index (χ3n) is 5.87. The molecule has 0 atom stereocenters. The molecule has 30 heavy (non-hydrogen) atoms. The Hall–Kier alpha value is -2.76. The number of benzene rings is 1. The van der Waals surface area contributed by atoms with Gasteiger partial charge in [0.15, 0.2) is 15.7 Å². The van der Waals surface area contributed by atoms with Crippen molar-refractivity contribution >= 4 is 21.2 Å². The van der Waals surface area contributed by atoms with Crippen LogP contribution in [0.5, 0.6) is 0 Å². The first-order valence-corrected chi connectivity index (χ1v) is 12.0. The summed E-state index contributed by atoms with van der Waals surface area (Å²) in [6, 6.07) is 8.16. The third-order valence-corrected chi connectivity index (χ3v) is 7.37. The standard InChI is InChI=1S/C22H24N4O3S/c23-13-19-14-25-22(26-19)21(27)12-18-2-1-17(15-3-7-24-8-4-15)11-20(18)16-5-9-30(28,29)10-6-16/h1-2,5,11,14-15,24H,3-4,6-10,12H2,(H,25,26). The normalized spacial score (nSPS) is 19.1. The van der Waals surface area contributed by atoms with Gasteiger partial charge in [0.25, 0.3) is 0 Å². The van der Waals surface area contributed by atoms with Gasteiger partial charge >= 0.3 is 0 Å². The summed E-state index contributed by atoms with van der Waals surface area (Å²) in [5, 5.41) is 12.3.